The van der Waals surface area contributed by atoms with Crippen LogP contribution in [0.1, 0.15) is 26.4 Å². The Morgan fingerprint density at radius 1 is 1.35 bits per heavy atom. The summed E-state index contributed by atoms with van der Waals surface area (Å²) in [5, 5.41) is 0. The Labute approximate surface area is 122 Å². The van der Waals surface area contributed by atoms with Gasteiger partial charge in [0.2, 0.25) is 0 Å². The van der Waals surface area contributed by atoms with E-state index in [2.05, 4.69) is 34.5 Å². The predicted octanol–water partition coefficient (Wildman–Crippen LogP) is 2.36. The van der Waals surface area contributed by atoms with Gasteiger partial charge in [0.1, 0.15) is 4.88 Å². The van der Waals surface area contributed by atoms with Crippen LogP contribution in [0.2, 0.25) is 0 Å². The minimum Gasteiger partial charge on any atom is -0.337 e. The van der Waals surface area contributed by atoms with Gasteiger partial charge in [-0.05, 0) is 41.3 Å². The second-order valence-electron chi connectivity index (χ2n) is 5.31. The first-order valence-corrected chi connectivity index (χ1v) is 7.36. The number of rotatable bonds is 3. The topological polar surface area (TPSA) is 36.4 Å². The van der Waals surface area contributed by atoms with Gasteiger partial charge in [0.05, 0.1) is 0 Å². The molecule has 1 aliphatic rings. The van der Waals surface area contributed by atoms with Crippen LogP contribution in [0.3, 0.4) is 0 Å². The lowest BCUT2D eigenvalue weighted by atomic mass is 10.1. The Morgan fingerprint density at radius 3 is 2.90 bits per heavy atom. The summed E-state index contributed by atoms with van der Waals surface area (Å²) in [6, 6.07) is 8.28. The van der Waals surface area contributed by atoms with Gasteiger partial charge in [-0.25, -0.2) is 4.37 Å². The monoisotopic (exact) mass is 287 g/mol. The number of carbonyl (C=O) groups excluding carboxylic acids is 1. The first-order chi connectivity index (χ1) is 9.63. The van der Waals surface area contributed by atoms with E-state index in [-0.39, 0.29) is 5.91 Å². The van der Waals surface area contributed by atoms with E-state index in [0.717, 1.165) is 13.1 Å². The minimum absolute atomic E-state index is 0.0325. The first kappa shape index (κ1) is 13.3. The molecule has 1 aromatic carbocycles. The van der Waals surface area contributed by atoms with Crippen molar-refractivity contribution in [2.45, 2.75) is 19.6 Å². The molecule has 0 spiro atoms. The van der Waals surface area contributed by atoms with E-state index in [1.54, 1.807) is 17.2 Å². The molecule has 5 heteroatoms. The number of aromatic nitrogens is 1. The Hall–Kier alpha value is -1.72. The van der Waals surface area contributed by atoms with Crippen molar-refractivity contribution in [2.75, 3.05) is 14.1 Å². The van der Waals surface area contributed by atoms with Gasteiger partial charge in [-0.1, -0.05) is 18.2 Å². The highest BCUT2D eigenvalue weighted by atomic mass is 32.1. The van der Waals surface area contributed by atoms with Crippen molar-refractivity contribution < 1.29 is 4.79 Å². The summed E-state index contributed by atoms with van der Waals surface area (Å²) in [5.74, 6) is 0.0325. The molecule has 4 nitrogen and oxygen atoms in total. The van der Waals surface area contributed by atoms with Crippen LogP contribution in [-0.4, -0.2) is 34.2 Å². The fourth-order valence-corrected chi connectivity index (χ4v) is 3.17. The van der Waals surface area contributed by atoms with Crippen LogP contribution in [0.4, 0.5) is 0 Å². The molecule has 0 radical (unpaired) electrons. The van der Waals surface area contributed by atoms with E-state index in [4.69, 9.17) is 0 Å². The van der Waals surface area contributed by atoms with E-state index in [1.807, 2.05) is 7.05 Å². The van der Waals surface area contributed by atoms with Crippen molar-refractivity contribution in [2.24, 2.45) is 0 Å². The summed E-state index contributed by atoms with van der Waals surface area (Å²) in [7, 11) is 3.96. The number of nitrogens with zero attached hydrogens (tertiary/aromatic N) is 3. The number of fused-ring (bicyclic) bond motifs is 1. The van der Waals surface area contributed by atoms with Crippen LogP contribution in [-0.2, 0) is 19.6 Å². The third-order valence-electron chi connectivity index (χ3n) is 3.57. The normalized spacial score (nSPS) is 14.3. The second kappa shape index (κ2) is 5.34. The van der Waals surface area contributed by atoms with Gasteiger partial charge in [-0.15, -0.1) is 0 Å². The SMILES string of the molecule is CN1Cc2ccc(CN(C)C(=O)c3ccns3)cc2C1. The van der Waals surface area contributed by atoms with E-state index >= 15 is 0 Å². The smallest absolute Gasteiger partial charge is 0.265 e. The maximum absolute atomic E-state index is 12.2. The summed E-state index contributed by atoms with van der Waals surface area (Å²) in [5.41, 5.74) is 3.95. The lowest BCUT2D eigenvalue weighted by Crippen LogP contribution is -2.25. The van der Waals surface area contributed by atoms with Crippen LogP contribution in [0.5, 0.6) is 0 Å². The quantitative estimate of drug-likeness (QED) is 0.869. The number of benzene rings is 1. The molecule has 3 rings (SSSR count). The average molecular weight is 287 g/mol. The highest BCUT2D eigenvalue weighted by Crippen LogP contribution is 2.23. The first-order valence-electron chi connectivity index (χ1n) is 6.59. The van der Waals surface area contributed by atoms with Crippen molar-refractivity contribution in [3.8, 4) is 0 Å². The van der Waals surface area contributed by atoms with Crippen LogP contribution in [0, 0.1) is 0 Å². The second-order valence-corrected chi connectivity index (χ2v) is 6.15. The van der Waals surface area contributed by atoms with E-state index < -0.39 is 0 Å². The van der Waals surface area contributed by atoms with E-state index in [9.17, 15) is 4.79 Å². The molecule has 104 valence electrons. The number of hydrogen-bond acceptors (Lipinski definition) is 4. The van der Waals surface area contributed by atoms with Crippen LogP contribution < -0.4 is 0 Å². The minimum atomic E-state index is 0.0325. The zero-order valence-electron chi connectivity index (χ0n) is 11.7. The molecule has 1 aromatic heterocycles. The molecule has 1 aliphatic heterocycles. The van der Waals surface area contributed by atoms with E-state index in [1.165, 1.54) is 28.2 Å². The molecular weight excluding hydrogens is 270 g/mol. The predicted molar refractivity (Wildman–Crippen MR) is 79.5 cm³/mol. The standard InChI is InChI=1S/C15H17N3OS/c1-17-9-12-4-3-11(7-13(12)10-17)8-18(2)15(19)14-5-6-16-20-14/h3-7H,8-10H2,1-2H3. The van der Waals surface area contributed by atoms with Gasteiger partial charge in [-0.3, -0.25) is 9.69 Å². The lowest BCUT2D eigenvalue weighted by Gasteiger charge is -2.16. The number of hydrogen-bond donors (Lipinski definition) is 0. The molecule has 0 aliphatic carbocycles. The molecule has 2 aromatic rings. The molecule has 20 heavy (non-hydrogen) atoms. The summed E-state index contributed by atoms with van der Waals surface area (Å²) in [6.07, 6.45) is 1.66. The summed E-state index contributed by atoms with van der Waals surface area (Å²) in [6.45, 7) is 2.65. The number of carbonyl (C=O) groups is 1. The van der Waals surface area contributed by atoms with Crippen molar-refractivity contribution in [3.63, 3.8) is 0 Å². The largest absolute Gasteiger partial charge is 0.337 e. The molecule has 0 bridgehead atoms. The van der Waals surface area contributed by atoms with Crippen molar-refractivity contribution in [1.29, 1.82) is 0 Å². The highest BCUT2D eigenvalue weighted by Gasteiger charge is 2.17. The van der Waals surface area contributed by atoms with E-state index in [0.29, 0.717) is 11.4 Å². The van der Waals surface area contributed by atoms with Gasteiger partial charge in [0, 0.05) is 32.9 Å². The molecule has 0 N–H and O–H groups in total. The van der Waals surface area contributed by atoms with Gasteiger partial charge < -0.3 is 4.90 Å². The third-order valence-corrected chi connectivity index (χ3v) is 4.30. The Balaban J connectivity index is 1.72. The maximum Gasteiger partial charge on any atom is 0.265 e. The molecule has 0 saturated carbocycles. The van der Waals surface area contributed by atoms with Gasteiger partial charge in [0.25, 0.3) is 5.91 Å². The maximum atomic E-state index is 12.2. The van der Waals surface area contributed by atoms with Crippen molar-refractivity contribution in [1.82, 2.24) is 14.2 Å². The van der Waals surface area contributed by atoms with Gasteiger partial charge in [0.15, 0.2) is 0 Å². The molecular formula is C15H17N3OS. The van der Waals surface area contributed by atoms with Crippen molar-refractivity contribution in [3.05, 3.63) is 52.0 Å². The summed E-state index contributed by atoms with van der Waals surface area (Å²) in [4.78, 5) is 16.9. The lowest BCUT2D eigenvalue weighted by molar-refractivity contribution is 0.0790. The number of amides is 1. The Morgan fingerprint density at radius 2 is 2.15 bits per heavy atom. The Kier molecular flexibility index (Phi) is 3.54. The highest BCUT2D eigenvalue weighted by molar-refractivity contribution is 7.08. The molecule has 0 unspecified atom stereocenters. The Bertz CT molecular complexity index is 624. The van der Waals surface area contributed by atoms with Gasteiger partial charge >= 0.3 is 0 Å². The molecule has 0 fully saturated rings. The third kappa shape index (κ3) is 2.59. The average Bonchev–Trinajstić information content (AvgIpc) is 3.05. The van der Waals surface area contributed by atoms with Crippen LogP contribution in [0.15, 0.2) is 30.5 Å². The molecule has 0 atom stereocenters. The van der Waals surface area contributed by atoms with Gasteiger partial charge in [-0.2, -0.15) is 0 Å². The van der Waals surface area contributed by atoms with Crippen molar-refractivity contribution >= 4 is 17.4 Å². The zero-order valence-corrected chi connectivity index (χ0v) is 12.5. The summed E-state index contributed by atoms with van der Waals surface area (Å²) < 4.78 is 3.98. The zero-order chi connectivity index (χ0) is 14.1. The molecule has 2 heterocycles. The fraction of sp³-hybridized carbons (Fsp3) is 0.333. The molecule has 1 amide bonds. The summed E-state index contributed by atoms with van der Waals surface area (Å²) >= 11 is 1.24. The fourth-order valence-electron chi connectivity index (χ4n) is 2.58. The van der Waals surface area contributed by atoms with Crippen LogP contribution >= 0.6 is 11.5 Å². The van der Waals surface area contributed by atoms with Crippen LogP contribution in [0.25, 0.3) is 0 Å². The molecule has 0 saturated heterocycles.